The lowest BCUT2D eigenvalue weighted by molar-refractivity contribution is -0.250. The van der Waals surface area contributed by atoms with E-state index in [1.807, 2.05) is 0 Å². The number of aliphatic hydroxyl groups is 1. The van der Waals surface area contributed by atoms with E-state index in [0.29, 0.717) is 32.7 Å². The Kier molecular flexibility index (Phi) is 7.57. The van der Waals surface area contributed by atoms with Gasteiger partial charge in [-0.3, -0.25) is 0 Å². The van der Waals surface area contributed by atoms with E-state index < -0.39 is 12.4 Å². The van der Waals surface area contributed by atoms with Crippen LogP contribution in [0.5, 0.6) is 0 Å². The first-order valence-electron chi connectivity index (χ1n) is 9.91. The molecule has 7 nitrogen and oxygen atoms in total. The molecular formula is C19H32O7. The molecular weight excluding hydrogens is 340 g/mol. The highest BCUT2D eigenvalue weighted by Gasteiger charge is 2.47. The van der Waals surface area contributed by atoms with E-state index in [-0.39, 0.29) is 30.4 Å². The van der Waals surface area contributed by atoms with Crippen LogP contribution >= 0.6 is 0 Å². The summed E-state index contributed by atoms with van der Waals surface area (Å²) < 4.78 is 35.0. The summed E-state index contributed by atoms with van der Waals surface area (Å²) in [7, 11) is 0. The second-order valence-electron chi connectivity index (χ2n) is 7.09. The average Bonchev–Trinajstić information content (AvgIpc) is 3.04. The van der Waals surface area contributed by atoms with Crippen molar-refractivity contribution in [2.45, 2.75) is 89.4 Å². The third-order valence-electron chi connectivity index (χ3n) is 4.96. The smallest absolute Gasteiger partial charge is 0.202 e. The van der Waals surface area contributed by atoms with Gasteiger partial charge in [-0.25, -0.2) is 0 Å². The fourth-order valence-corrected chi connectivity index (χ4v) is 3.41. The molecule has 0 amide bonds. The SMILES string of the molecule is CCCCOC1C[C@H](O[C@H]2C(OCCCC)C[C@@H]3OCC2O3)OC=C1O. The van der Waals surface area contributed by atoms with Gasteiger partial charge in [0.1, 0.15) is 24.6 Å². The Morgan fingerprint density at radius 2 is 1.88 bits per heavy atom. The van der Waals surface area contributed by atoms with Crippen LogP contribution in [-0.4, -0.2) is 61.9 Å². The predicted molar refractivity (Wildman–Crippen MR) is 93.6 cm³/mol. The molecule has 7 heteroatoms. The van der Waals surface area contributed by atoms with Gasteiger partial charge in [0.25, 0.3) is 0 Å². The zero-order chi connectivity index (χ0) is 18.4. The van der Waals surface area contributed by atoms with Crippen molar-refractivity contribution >= 4 is 0 Å². The van der Waals surface area contributed by atoms with Gasteiger partial charge in [0.2, 0.25) is 6.29 Å². The minimum atomic E-state index is -0.499. The van der Waals surface area contributed by atoms with Gasteiger partial charge in [0.15, 0.2) is 12.0 Å². The summed E-state index contributed by atoms with van der Waals surface area (Å²) in [6.45, 7) is 6.07. The number of fused-ring (bicyclic) bond motifs is 2. The third kappa shape index (κ3) is 5.10. The van der Waals surface area contributed by atoms with E-state index in [9.17, 15) is 5.11 Å². The van der Waals surface area contributed by atoms with Crippen LogP contribution in [0.1, 0.15) is 52.4 Å². The number of hydrogen-bond donors (Lipinski definition) is 1. The Labute approximate surface area is 155 Å². The monoisotopic (exact) mass is 372 g/mol. The molecule has 26 heavy (non-hydrogen) atoms. The van der Waals surface area contributed by atoms with Crippen LogP contribution in [0.4, 0.5) is 0 Å². The molecule has 0 saturated carbocycles. The van der Waals surface area contributed by atoms with Crippen molar-refractivity contribution in [3.8, 4) is 0 Å². The van der Waals surface area contributed by atoms with Crippen molar-refractivity contribution in [3.63, 3.8) is 0 Å². The molecule has 3 aliphatic heterocycles. The van der Waals surface area contributed by atoms with Crippen LogP contribution < -0.4 is 0 Å². The molecule has 2 saturated heterocycles. The molecule has 0 aromatic carbocycles. The van der Waals surface area contributed by atoms with Gasteiger partial charge in [-0.15, -0.1) is 0 Å². The maximum Gasteiger partial charge on any atom is 0.202 e. The number of hydrogen-bond acceptors (Lipinski definition) is 7. The second kappa shape index (κ2) is 9.90. The number of aliphatic hydroxyl groups excluding tert-OH is 1. The largest absolute Gasteiger partial charge is 0.507 e. The maximum atomic E-state index is 9.98. The summed E-state index contributed by atoms with van der Waals surface area (Å²) >= 11 is 0. The first-order chi connectivity index (χ1) is 12.7. The van der Waals surface area contributed by atoms with Crippen LogP contribution in [0.15, 0.2) is 12.0 Å². The average molecular weight is 372 g/mol. The first kappa shape index (κ1) is 19.9. The fraction of sp³-hybridized carbons (Fsp3) is 0.895. The van der Waals surface area contributed by atoms with Crippen LogP contribution in [0.3, 0.4) is 0 Å². The Bertz CT molecular complexity index is 455. The molecule has 3 aliphatic rings. The van der Waals surface area contributed by atoms with Gasteiger partial charge in [-0.1, -0.05) is 26.7 Å². The van der Waals surface area contributed by atoms with E-state index in [0.717, 1.165) is 25.7 Å². The standard InChI is InChI=1S/C19H32O7/c1-3-5-7-21-14-9-18(23-11-13(14)20)26-19-15(22-8-6-4-2)10-17-24-12-16(19)25-17/h11,14-20H,3-10,12H2,1-2H3/t14?,15?,16?,17-,18+,19+/m1/s1. The molecule has 3 unspecified atom stereocenters. The molecule has 3 heterocycles. The molecule has 0 aromatic heterocycles. The molecule has 150 valence electrons. The lowest BCUT2D eigenvalue weighted by atomic mass is 10.0. The second-order valence-corrected chi connectivity index (χ2v) is 7.09. The molecule has 0 radical (unpaired) electrons. The van der Waals surface area contributed by atoms with Crippen LogP contribution in [0.2, 0.25) is 0 Å². The summed E-state index contributed by atoms with van der Waals surface area (Å²) in [6.07, 6.45) is 4.98. The summed E-state index contributed by atoms with van der Waals surface area (Å²) in [5, 5.41) is 9.98. The zero-order valence-corrected chi connectivity index (χ0v) is 15.8. The Morgan fingerprint density at radius 1 is 1.12 bits per heavy atom. The van der Waals surface area contributed by atoms with Crippen molar-refractivity contribution < 1.29 is 33.5 Å². The van der Waals surface area contributed by atoms with Gasteiger partial charge < -0.3 is 33.5 Å². The summed E-state index contributed by atoms with van der Waals surface area (Å²) in [6, 6.07) is 0. The number of unbranched alkanes of at least 4 members (excludes halogenated alkanes) is 2. The summed E-state index contributed by atoms with van der Waals surface area (Å²) in [5.74, 6) is 0.112. The van der Waals surface area contributed by atoms with Crippen molar-refractivity contribution in [2.75, 3.05) is 19.8 Å². The topological polar surface area (TPSA) is 75.6 Å². The lowest BCUT2D eigenvalue weighted by Crippen LogP contribution is -2.50. The molecule has 0 aliphatic carbocycles. The lowest BCUT2D eigenvalue weighted by Gasteiger charge is -2.38. The Balaban J connectivity index is 1.56. The Morgan fingerprint density at radius 3 is 2.65 bits per heavy atom. The Hall–Kier alpha value is -0.860. The van der Waals surface area contributed by atoms with Crippen LogP contribution in [0.25, 0.3) is 0 Å². The van der Waals surface area contributed by atoms with E-state index in [1.165, 1.54) is 6.26 Å². The minimum absolute atomic E-state index is 0.0737. The van der Waals surface area contributed by atoms with Gasteiger partial charge in [0, 0.05) is 26.1 Å². The molecule has 0 spiro atoms. The molecule has 2 bridgehead atoms. The highest BCUT2D eigenvalue weighted by molar-refractivity contribution is 4.99. The van der Waals surface area contributed by atoms with Crippen molar-refractivity contribution in [1.29, 1.82) is 0 Å². The normalized spacial score (nSPS) is 36.6. The first-order valence-corrected chi connectivity index (χ1v) is 9.91. The fourth-order valence-electron chi connectivity index (χ4n) is 3.41. The van der Waals surface area contributed by atoms with Gasteiger partial charge in [-0.2, -0.15) is 0 Å². The van der Waals surface area contributed by atoms with Gasteiger partial charge in [-0.05, 0) is 12.8 Å². The number of rotatable bonds is 10. The molecule has 3 rings (SSSR count). The predicted octanol–water partition coefficient (Wildman–Crippen LogP) is 3.03. The quantitative estimate of drug-likeness (QED) is 0.591. The summed E-state index contributed by atoms with van der Waals surface area (Å²) in [4.78, 5) is 0. The zero-order valence-electron chi connectivity index (χ0n) is 15.8. The highest BCUT2D eigenvalue weighted by atomic mass is 16.8. The van der Waals surface area contributed by atoms with Crippen LogP contribution in [0, 0.1) is 0 Å². The van der Waals surface area contributed by atoms with Crippen molar-refractivity contribution in [3.05, 3.63) is 12.0 Å². The van der Waals surface area contributed by atoms with E-state index in [2.05, 4.69) is 13.8 Å². The van der Waals surface area contributed by atoms with Crippen molar-refractivity contribution in [2.24, 2.45) is 0 Å². The van der Waals surface area contributed by atoms with Crippen LogP contribution in [-0.2, 0) is 28.4 Å². The summed E-state index contributed by atoms with van der Waals surface area (Å²) in [5.41, 5.74) is 0. The number of ether oxygens (including phenoxy) is 6. The molecule has 2 fully saturated rings. The van der Waals surface area contributed by atoms with E-state index in [4.69, 9.17) is 28.4 Å². The van der Waals surface area contributed by atoms with Crippen molar-refractivity contribution in [1.82, 2.24) is 0 Å². The third-order valence-corrected chi connectivity index (χ3v) is 4.96. The van der Waals surface area contributed by atoms with E-state index in [1.54, 1.807) is 0 Å². The minimum Gasteiger partial charge on any atom is -0.507 e. The highest BCUT2D eigenvalue weighted by Crippen LogP contribution is 2.33. The van der Waals surface area contributed by atoms with Gasteiger partial charge in [0.05, 0.1) is 12.7 Å². The molecule has 1 N–H and O–H groups in total. The maximum absolute atomic E-state index is 9.98. The van der Waals surface area contributed by atoms with E-state index >= 15 is 0 Å². The molecule has 0 aromatic rings. The molecule has 6 atom stereocenters. The van der Waals surface area contributed by atoms with Gasteiger partial charge >= 0.3 is 0 Å².